The molecule has 3 aliphatic heterocycles. The number of aromatic amines is 1. The van der Waals surface area contributed by atoms with Gasteiger partial charge in [-0.15, -0.1) is 0 Å². The van der Waals surface area contributed by atoms with E-state index >= 15 is 0 Å². The Hall–Kier alpha value is -3.94. The zero-order valence-electron chi connectivity index (χ0n) is 36.5. The van der Waals surface area contributed by atoms with Crippen LogP contribution in [0.25, 0.3) is 0 Å². The van der Waals surface area contributed by atoms with Crippen LogP contribution in [0.4, 0.5) is 5.82 Å². The second-order valence-corrected chi connectivity index (χ2v) is 17.4. The van der Waals surface area contributed by atoms with E-state index in [1.54, 1.807) is 20.0 Å². The smallest absolute Gasteiger partial charge is 0.351 e. The Balaban J connectivity index is 1.48. The van der Waals surface area contributed by atoms with E-state index in [1.807, 2.05) is 44.3 Å². The highest BCUT2D eigenvalue weighted by Crippen LogP contribution is 2.51. The second-order valence-electron chi connectivity index (χ2n) is 16.0. The molecule has 2 aromatic heterocycles. The number of hydrogen-bond acceptors (Lipinski definition) is 16. The van der Waals surface area contributed by atoms with Crippen LogP contribution < -0.4 is 22.3 Å². The van der Waals surface area contributed by atoms with E-state index in [4.69, 9.17) is 33.0 Å². The van der Waals surface area contributed by atoms with Gasteiger partial charge in [-0.25, -0.2) is 29.0 Å². The number of aliphatic hydroxyl groups excluding tert-OH is 1. The average molecular weight is 878 g/mol. The number of aliphatic hydroxyl groups is 1. The van der Waals surface area contributed by atoms with Crippen LogP contribution in [0.5, 0.6) is 0 Å². The standard InChI is InChI=1S/C39H60N9O12P/c1-21(2)48(22(3)4)61(56-16-12-14-40)60-32-30(58-37(33(32)59-55-10)46-18-23(5)34(43-38(46)52)42-28-13-11-15-45(28)8)25(7)41-29(50)17-26-27(20-49)57-36(31(26)54-9)47-19-24(6)35(51)44-39(47)53/h18-19,21-22,25-27,30-33,36-37,49H,11-13,15-17,20H2,1-10H3,(H,41,50)(H,44,51,53)/t25-,26+,27+,30+,31+,32+,33+,36+,37+,61?/m0/s1. The fourth-order valence-corrected chi connectivity index (χ4v) is 9.79. The first kappa shape index (κ1) is 48.1. The van der Waals surface area contributed by atoms with E-state index < -0.39 is 92.9 Å². The van der Waals surface area contributed by atoms with Crippen LogP contribution in [0, 0.1) is 31.1 Å². The lowest BCUT2D eigenvalue weighted by atomic mass is 9.93. The Morgan fingerprint density at radius 3 is 2.38 bits per heavy atom. The lowest BCUT2D eigenvalue weighted by molar-refractivity contribution is -0.326. The number of aromatic nitrogens is 4. The van der Waals surface area contributed by atoms with Crippen LogP contribution in [-0.4, -0.2) is 135 Å². The van der Waals surface area contributed by atoms with Gasteiger partial charge in [0.15, 0.2) is 24.4 Å². The fraction of sp³-hybridized carbons (Fsp3) is 0.718. The van der Waals surface area contributed by atoms with E-state index in [2.05, 4.69) is 26.3 Å². The van der Waals surface area contributed by atoms with Gasteiger partial charge in [-0.2, -0.15) is 10.2 Å². The minimum atomic E-state index is -1.90. The molecule has 0 bridgehead atoms. The van der Waals surface area contributed by atoms with Gasteiger partial charge in [0.1, 0.15) is 24.1 Å². The molecule has 21 nitrogen and oxygen atoms in total. The number of rotatable bonds is 19. The van der Waals surface area contributed by atoms with E-state index in [0.717, 1.165) is 25.2 Å². The number of H-pyrrole nitrogens is 1. The van der Waals surface area contributed by atoms with E-state index in [-0.39, 0.29) is 42.9 Å². The van der Waals surface area contributed by atoms with Crippen molar-refractivity contribution in [3.8, 4) is 6.07 Å². The van der Waals surface area contributed by atoms with Crippen LogP contribution in [0.2, 0.25) is 0 Å². The molecule has 5 rings (SSSR count). The van der Waals surface area contributed by atoms with Crippen molar-refractivity contribution < 1.29 is 42.9 Å². The third-order valence-corrected chi connectivity index (χ3v) is 13.1. The number of carbonyl (C=O) groups excluding carboxylic acids is 1. The van der Waals surface area contributed by atoms with E-state index in [1.165, 1.54) is 36.5 Å². The number of nitrogens with zero attached hydrogens (tertiary/aromatic N) is 7. The molecule has 338 valence electrons. The SMILES string of the molecule is COO[C@@H]1[C@H](OP(OCCC#N)N(C(C)C)C(C)C)[C@@H]([C@H](C)NC(=O)C[C@H]2[C@@H](OC)[C@H](n3cc(C)c(=O)[nH]c3=O)O[C@@H]2CO)O[C@H]1n1cc(C)c(N=C2CCCN2C)nc1=O. The van der Waals surface area contributed by atoms with Crippen molar-refractivity contribution >= 4 is 26.1 Å². The van der Waals surface area contributed by atoms with E-state index in [9.17, 15) is 29.5 Å². The number of amides is 1. The molecule has 10 atom stereocenters. The summed E-state index contributed by atoms with van der Waals surface area (Å²) in [5, 5.41) is 22.7. The predicted molar refractivity (Wildman–Crippen MR) is 222 cm³/mol. The molecule has 0 aliphatic carbocycles. The van der Waals surface area contributed by atoms with Gasteiger partial charge in [-0.05, 0) is 54.9 Å². The zero-order chi connectivity index (χ0) is 44.7. The highest BCUT2D eigenvalue weighted by atomic mass is 31.2. The normalized spacial score (nSPS) is 27.1. The summed E-state index contributed by atoms with van der Waals surface area (Å²) in [6, 6.07) is 1.15. The minimum Gasteiger partial charge on any atom is -0.394 e. The van der Waals surface area contributed by atoms with Crippen molar-refractivity contribution in [2.45, 2.75) is 135 Å². The fourth-order valence-electron chi connectivity index (χ4n) is 8.04. The van der Waals surface area contributed by atoms with Crippen molar-refractivity contribution in [3.05, 3.63) is 54.8 Å². The zero-order valence-corrected chi connectivity index (χ0v) is 37.4. The molecule has 0 aromatic carbocycles. The van der Waals surface area contributed by atoms with Crippen LogP contribution in [0.15, 0.2) is 31.8 Å². The van der Waals surface area contributed by atoms with Crippen molar-refractivity contribution in [1.29, 1.82) is 5.26 Å². The first-order chi connectivity index (χ1) is 29.0. The molecular weight excluding hydrogens is 817 g/mol. The van der Waals surface area contributed by atoms with Gasteiger partial charge in [0.2, 0.25) is 5.91 Å². The van der Waals surface area contributed by atoms with Gasteiger partial charge in [-0.3, -0.25) is 23.7 Å². The Kier molecular flexibility index (Phi) is 16.9. The molecule has 3 aliphatic rings. The Morgan fingerprint density at radius 2 is 1.77 bits per heavy atom. The van der Waals surface area contributed by atoms with Crippen molar-refractivity contribution in [3.63, 3.8) is 0 Å². The summed E-state index contributed by atoms with van der Waals surface area (Å²) in [5.74, 6) is -0.0949. The number of likely N-dealkylation sites (tertiary alicyclic amines) is 1. The van der Waals surface area contributed by atoms with Gasteiger partial charge < -0.3 is 38.6 Å². The highest BCUT2D eigenvalue weighted by molar-refractivity contribution is 7.44. The number of amidine groups is 1. The van der Waals surface area contributed by atoms with Crippen molar-refractivity contribution in [1.82, 2.24) is 34.0 Å². The molecule has 1 amide bonds. The Bertz CT molecular complexity index is 2060. The van der Waals surface area contributed by atoms with Gasteiger partial charge in [-0.1, -0.05) is 0 Å². The Labute approximate surface area is 355 Å². The monoisotopic (exact) mass is 877 g/mol. The third kappa shape index (κ3) is 11.0. The molecule has 3 fully saturated rings. The molecule has 61 heavy (non-hydrogen) atoms. The molecular formula is C39H60N9O12P. The molecule has 2 aromatic rings. The molecule has 1 unspecified atom stereocenters. The predicted octanol–water partition coefficient (Wildman–Crippen LogP) is 2.09. The second kappa shape index (κ2) is 21.4. The number of nitriles is 1. The van der Waals surface area contributed by atoms with Crippen LogP contribution in [-0.2, 0) is 37.8 Å². The largest absolute Gasteiger partial charge is 0.394 e. The third-order valence-electron chi connectivity index (χ3n) is 10.9. The summed E-state index contributed by atoms with van der Waals surface area (Å²) >= 11 is 0. The van der Waals surface area contributed by atoms with Gasteiger partial charge in [0.05, 0.1) is 45.0 Å². The summed E-state index contributed by atoms with van der Waals surface area (Å²) in [4.78, 5) is 77.2. The molecule has 0 spiro atoms. The lowest BCUT2D eigenvalue weighted by Gasteiger charge is -2.38. The molecule has 3 saturated heterocycles. The van der Waals surface area contributed by atoms with Crippen LogP contribution in [0.1, 0.15) is 83.9 Å². The maximum absolute atomic E-state index is 14.0. The highest BCUT2D eigenvalue weighted by Gasteiger charge is 2.53. The Morgan fingerprint density at radius 1 is 1.08 bits per heavy atom. The number of ether oxygens (including phenoxy) is 3. The number of hydrogen-bond donors (Lipinski definition) is 3. The number of nitrogens with one attached hydrogen (secondary N) is 2. The van der Waals surface area contributed by atoms with Crippen LogP contribution in [0.3, 0.4) is 0 Å². The number of aryl methyl sites for hydroxylation is 2. The first-order valence-corrected chi connectivity index (χ1v) is 21.6. The molecule has 3 N–H and O–H groups in total. The van der Waals surface area contributed by atoms with Crippen molar-refractivity contribution in [2.75, 3.05) is 41.0 Å². The van der Waals surface area contributed by atoms with Gasteiger partial charge in [0, 0.05) is 75.1 Å². The number of methoxy groups -OCH3 is 1. The number of carbonyl (C=O) groups is 1. The summed E-state index contributed by atoms with van der Waals surface area (Å²) in [6.07, 6.45) is -2.61. The summed E-state index contributed by atoms with van der Waals surface area (Å²) in [5.41, 5.74) is -1.09. The van der Waals surface area contributed by atoms with Gasteiger partial charge in [0.25, 0.3) is 14.1 Å². The topological polar surface area (TPSA) is 246 Å². The maximum atomic E-state index is 14.0. The molecule has 0 saturated carbocycles. The molecule has 5 heterocycles. The minimum absolute atomic E-state index is 0.0622. The quantitative estimate of drug-likeness (QED) is 0.0792. The first-order valence-electron chi connectivity index (χ1n) is 20.4. The molecule has 0 radical (unpaired) electrons. The van der Waals surface area contributed by atoms with E-state index in [0.29, 0.717) is 5.56 Å². The number of aliphatic imine (C=N–C) groups is 1. The molecule has 22 heteroatoms. The maximum Gasteiger partial charge on any atom is 0.351 e. The van der Waals surface area contributed by atoms with Gasteiger partial charge >= 0.3 is 11.4 Å². The average Bonchev–Trinajstić information content (AvgIpc) is 3.88. The summed E-state index contributed by atoms with van der Waals surface area (Å²) < 4.78 is 36.1. The lowest BCUT2D eigenvalue weighted by Crippen LogP contribution is -2.49. The summed E-state index contributed by atoms with van der Waals surface area (Å²) in [6.45, 7) is 13.4. The van der Waals surface area contributed by atoms with Crippen molar-refractivity contribution in [2.24, 2.45) is 10.9 Å². The summed E-state index contributed by atoms with van der Waals surface area (Å²) in [7, 11) is 2.77. The van der Waals surface area contributed by atoms with Crippen LogP contribution >= 0.6 is 8.53 Å².